The molecule has 5 rings (SSSR count). The van der Waals surface area contributed by atoms with E-state index < -0.39 is 10.0 Å². The first-order valence-electron chi connectivity index (χ1n) is 10.5. The molecule has 0 saturated carbocycles. The lowest BCUT2D eigenvalue weighted by atomic mass is 9.81. The molecule has 2 N–H and O–H groups in total. The number of carbonyl (C=O) groups excluding carboxylic acids is 1. The molecule has 29 heavy (non-hydrogen) atoms. The number of aryl methyl sites for hydroxylation is 1. The van der Waals surface area contributed by atoms with Gasteiger partial charge in [-0.25, -0.2) is 13.1 Å². The second kappa shape index (κ2) is 7.25. The van der Waals surface area contributed by atoms with Crippen LogP contribution in [-0.2, 0) is 22.9 Å². The van der Waals surface area contributed by atoms with Crippen LogP contribution in [-0.4, -0.2) is 47.5 Å². The average Bonchev–Trinajstić information content (AvgIpc) is 3.31. The van der Waals surface area contributed by atoms with Crippen LogP contribution in [0, 0.1) is 0 Å². The maximum atomic E-state index is 13.4. The summed E-state index contributed by atoms with van der Waals surface area (Å²) in [5.74, 6) is 0.0171. The summed E-state index contributed by atoms with van der Waals surface area (Å²) in [5, 5.41) is 7.37. The lowest BCUT2D eigenvalue weighted by molar-refractivity contribution is 0.0222. The standard InChI is InChI=1S/C21H26N4O3S/c26-21(20-18-10-5-11-19(18)22-23-20)25-15-6-4-7-16(25)13-14(12-15)24-29(27,28)17-8-2-1-3-9-17/h1-3,8-9,14-16,24H,4-7,10-13H2,(H,22,23)/t14?,15-,16+. The smallest absolute Gasteiger partial charge is 0.275 e. The normalized spacial score (nSPS) is 26.3. The molecular formula is C21H26N4O3S. The third-order valence-electron chi connectivity index (χ3n) is 6.59. The van der Waals surface area contributed by atoms with Crippen LogP contribution in [0.3, 0.4) is 0 Å². The van der Waals surface area contributed by atoms with E-state index in [1.165, 1.54) is 0 Å². The molecule has 2 saturated heterocycles. The number of hydrogen-bond donors (Lipinski definition) is 2. The SMILES string of the molecule is O=C(c1n[nH]c2c1CCC2)N1[C@@H]2CCC[C@H]1CC(NS(=O)(=O)c1ccccc1)C2. The molecule has 1 amide bonds. The van der Waals surface area contributed by atoms with E-state index in [1.807, 2.05) is 4.90 Å². The van der Waals surface area contributed by atoms with Crippen LogP contribution >= 0.6 is 0 Å². The number of nitrogens with one attached hydrogen (secondary N) is 2. The topological polar surface area (TPSA) is 95.2 Å². The van der Waals surface area contributed by atoms with Gasteiger partial charge in [-0.2, -0.15) is 5.10 Å². The first-order chi connectivity index (χ1) is 14.0. The second-order valence-corrected chi connectivity index (χ2v) is 10.2. The zero-order valence-electron chi connectivity index (χ0n) is 16.3. The van der Waals surface area contributed by atoms with E-state index in [-0.39, 0.29) is 28.9 Å². The molecule has 1 aromatic heterocycles. The Kier molecular flexibility index (Phi) is 4.70. The van der Waals surface area contributed by atoms with Gasteiger partial charge >= 0.3 is 0 Å². The number of rotatable bonds is 4. The number of piperidine rings is 2. The summed E-state index contributed by atoms with van der Waals surface area (Å²) < 4.78 is 28.4. The number of aromatic amines is 1. The van der Waals surface area contributed by atoms with Crippen molar-refractivity contribution < 1.29 is 13.2 Å². The Hall–Kier alpha value is -2.19. The fourth-order valence-corrected chi connectivity index (χ4v) is 6.60. The molecule has 2 bridgehead atoms. The van der Waals surface area contributed by atoms with Crippen LogP contribution in [0.4, 0.5) is 0 Å². The van der Waals surface area contributed by atoms with Crippen LogP contribution in [0.2, 0.25) is 0 Å². The number of H-pyrrole nitrogens is 1. The van der Waals surface area contributed by atoms with Gasteiger partial charge in [0.15, 0.2) is 5.69 Å². The Morgan fingerprint density at radius 2 is 1.79 bits per heavy atom. The van der Waals surface area contributed by atoms with Gasteiger partial charge < -0.3 is 4.90 Å². The molecule has 2 aliphatic heterocycles. The monoisotopic (exact) mass is 414 g/mol. The number of carbonyl (C=O) groups is 1. The van der Waals surface area contributed by atoms with Crippen LogP contribution in [0.1, 0.15) is 60.3 Å². The summed E-state index contributed by atoms with van der Waals surface area (Å²) in [6, 6.07) is 8.46. The Morgan fingerprint density at radius 1 is 1.07 bits per heavy atom. The summed E-state index contributed by atoms with van der Waals surface area (Å²) >= 11 is 0. The maximum Gasteiger partial charge on any atom is 0.275 e. The molecule has 0 spiro atoms. The molecule has 0 radical (unpaired) electrons. The van der Waals surface area contributed by atoms with E-state index in [2.05, 4.69) is 14.9 Å². The summed E-state index contributed by atoms with van der Waals surface area (Å²) in [7, 11) is -3.55. The Bertz CT molecular complexity index is 1000. The highest BCUT2D eigenvalue weighted by atomic mass is 32.2. The zero-order valence-corrected chi connectivity index (χ0v) is 17.1. The van der Waals surface area contributed by atoms with Gasteiger partial charge in [0.05, 0.1) is 4.90 Å². The van der Waals surface area contributed by atoms with Crippen LogP contribution in [0.5, 0.6) is 0 Å². The first-order valence-corrected chi connectivity index (χ1v) is 12.0. The molecule has 8 heteroatoms. The molecule has 7 nitrogen and oxygen atoms in total. The zero-order chi connectivity index (χ0) is 20.0. The van der Waals surface area contributed by atoms with Crippen LogP contribution in [0.15, 0.2) is 35.2 Å². The molecule has 3 heterocycles. The van der Waals surface area contributed by atoms with E-state index in [0.717, 1.165) is 49.8 Å². The number of hydrogen-bond acceptors (Lipinski definition) is 4. The van der Waals surface area contributed by atoms with Gasteiger partial charge in [-0.05, 0) is 63.5 Å². The lowest BCUT2D eigenvalue weighted by Gasteiger charge is -2.48. The van der Waals surface area contributed by atoms with E-state index in [0.29, 0.717) is 18.5 Å². The van der Waals surface area contributed by atoms with Gasteiger partial charge in [0.1, 0.15) is 0 Å². The number of nitrogens with zero attached hydrogens (tertiary/aromatic N) is 2. The van der Waals surface area contributed by atoms with E-state index in [1.54, 1.807) is 30.3 Å². The molecule has 1 aromatic carbocycles. The van der Waals surface area contributed by atoms with Crippen molar-refractivity contribution in [2.45, 2.75) is 74.4 Å². The van der Waals surface area contributed by atoms with Crippen molar-refractivity contribution in [2.75, 3.05) is 0 Å². The Labute approximate surface area is 170 Å². The van der Waals surface area contributed by atoms with Crippen LogP contribution in [0.25, 0.3) is 0 Å². The number of fused-ring (bicyclic) bond motifs is 3. The predicted molar refractivity (Wildman–Crippen MR) is 108 cm³/mol. The fourth-order valence-electron chi connectivity index (χ4n) is 5.31. The van der Waals surface area contributed by atoms with Gasteiger partial charge in [-0.15, -0.1) is 0 Å². The quantitative estimate of drug-likeness (QED) is 0.803. The number of sulfonamides is 1. The minimum absolute atomic E-state index is 0.0171. The predicted octanol–water partition coefficient (Wildman–Crippen LogP) is 2.40. The lowest BCUT2D eigenvalue weighted by Crippen LogP contribution is -2.58. The van der Waals surface area contributed by atoms with E-state index in [9.17, 15) is 13.2 Å². The minimum Gasteiger partial charge on any atom is -0.331 e. The van der Waals surface area contributed by atoms with Gasteiger partial charge in [0.25, 0.3) is 5.91 Å². The largest absolute Gasteiger partial charge is 0.331 e. The van der Waals surface area contributed by atoms with Crippen molar-refractivity contribution >= 4 is 15.9 Å². The van der Waals surface area contributed by atoms with Gasteiger partial charge in [0.2, 0.25) is 10.0 Å². The molecule has 2 fully saturated rings. The molecule has 2 aromatic rings. The summed E-state index contributed by atoms with van der Waals surface area (Å²) in [5.41, 5.74) is 2.77. The van der Waals surface area contributed by atoms with Crippen molar-refractivity contribution in [3.05, 3.63) is 47.3 Å². The highest BCUT2D eigenvalue weighted by Gasteiger charge is 2.43. The molecule has 3 aliphatic rings. The number of benzene rings is 1. The highest BCUT2D eigenvalue weighted by Crippen LogP contribution is 2.36. The van der Waals surface area contributed by atoms with Crippen molar-refractivity contribution in [2.24, 2.45) is 0 Å². The minimum atomic E-state index is -3.55. The molecule has 1 unspecified atom stereocenters. The molecular weight excluding hydrogens is 388 g/mol. The van der Waals surface area contributed by atoms with Crippen molar-refractivity contribution in [3.63, 3.8) is 0 Å². The van der Waals surface area contributed by atoms with Gasteiger partial charge in [-0.1, -0.05) is 18.2 Å². The Morgan fingerprint density at radius 3 is 2.52 bits per heavy atom. The van der Waals surface area contributed by atoms with Crippen molar-refractivity contribution in [3.8, 4) is 0 Å². The second-order valence-electron chi connectivity index (χ2n) is 8.44. The first kappa shape index (κ1) is 18.8. The summed E-state index contributed by atoms with van der Waals surface area (Å²) in [6.07, 6.45) is 7.16. The van der Waals surface area contributed by atoms with Crippen molar-refractivity contribution in [1.82, 2.24) is 19.8 Å². The molecule has 1 aliphatic carbocycles. The number of aromatic nitrogens is 2. The fraction of sp³-hybridized carbons (Fsp3) is 0.524. The molecule has 154 valence electrons. The Balaban J connectivity index is 1.34. The summed E-state index contributed by atoms with van der Waals surface area (Å²) in [6.45, 7) is 0. The third-order valence-corrected chi connectivity index (χ3v) is 8.13. The maximum absolute atomic E-state index is 13.4. The van der Waals surface area contributed by atoms with E-state index in [4.69, 9.17) is 0 Å². The highest BCUT2D eigenvalue weighted by molar-refractivity contribution is 7.89. The van der Waals surface area contributed by atoms with Crippen LogP contribution < -0.4 is 4.72 Å². The van der Waals surface area contributed by atoms with Gasteiger partial charge in [0, 0.05) is 29.4 Å². The number of amides is 1. The summed E-state index contributed by atoms with van der Waals surface area (Å²) in [4.78, 5) is 15.6. The van der Waals surface area contributed by atoms with E-state index >= 15 is 0 Å². The van der Waals surface area contributed by atoms with Gasteiger partial charge in [-0.3, -0.25) is 9.89 Å². The van der Waals surface area contributed by atoms with Crippen molar-refractivity contribution in [1.29, 1.82) is 0 Å². The molecule has 3 atom stereocenters. The third kappa shape index (κ3) is 3.38. The average molecular weight is 415 g/mol.